The first-order chi connectivity index (χ1) is 29.5. The molecule has 15 nitrogen and oxygen atoms in total. The van der Waals surface area contributed by atoms with Crippen LogP contribution in [-0.2, 0) is 49.7 Å². The molecule has 4 aromatic carbocycles. The van der Waals surface area contributed by atoms with E-state index in [2.05, 4.69) is 31.2 Å². The standard InChI is InChI=1S/C46H52N8O7/c47-21-9-8-16-38(51-44(58)39(24-30-26-49-36-14-6-4-12-33(30)36)52-42(56)35(48)22-29-17-19-32(55)20-18-29)43(57)53-40(25-31-27-50-37-15-7-5-13-34(31)37)45(59)54-41(46(60)61)23-28-10-2-1-3-11-28/h1-7,10-15,17-20,26-27,35,38-41,49-50,55H,8-9,16,21-25,47-48H2,(H,51,58)(H,52,56)(H,53,57)(H,54,59)(H,60,61)/t35-,38+,39+,40-,41+/m0/s1. The van der Waals surface area contributed by atoms with Crippen LogP contribution in [0.4, 0.5) is 0 Å². The quantitative estimate of drug-likeness (QED) is 0.0478. The molecule has 5 atom stereocenters. The summed E-state index contributed by atoms with van der Waals surface area (Å²) in [6.45, 7) is 0.337. The molecule has 2 heterocycles. The van der Waals surface area contributed by atoms with Crippen LogP contribution < -0.4 is 32.7 Å². The third-order valence-electron chi connectivity index (χ3n) is 10.7. The number of fused-ring (bicyclic) bond motifs is 2. The Morgan fingerprint density at radius 1 is 0.541 bits per heavy atom. The number of carbonyl (C=O) groups is 5. The second kappa shape index (κ2) is 20.8. The molecule has 0 aliphatic rings. The minimum atomic E-state index is -1.30. The van der Waals surface area contributed by atoms with Crippen molar-refractivity contribution in [3.63, 3.8) is 0 Å². The van der Waals surface area contributed by atoms with Crippen molar-refractivity contribution in [2.75, 3.05) is 6.54 Å². The maximum atomic E-state index is 14.4. The molecule has 4 amide bonds. The average molecular weight is 829 g/mol. The Morgan fingerprint density at radius 3 is 1.57 bits per heavy atom. The molecule has 0 aliphatic carbocycles. The molecular formula is C46H52N8O7. The number of carbonyl (C=O) groups excluding carboxylic acids is 4. The van der Waals surface area contributed by atoms with Crippen molar-refractivity contribution in [2.24, 2.45) is 11.5 Å². The van der Waals surface area contributed by atoms with Gasteiger partial charge in [0, 0.05) is 53.5 Å². The highest BCUT2D eigenvalue weighted by molar-refractivity contribution is 5.96. The van der Waals surface area contributed by atoms with Gasteiger partial charge in [0.15, 0.2) is 0 Å². The number of aromatic amines is 2. The molecule has 6 rings (SSSR count). The van der Waals surface area contributed by atoms with E-state index in [0.29, 0.717) is 36.1 Å². The monoisotopic (exact) mass is 828 g/mol. The van der Waals surface area contributed by atoms with E-state index in [0.717, 1.165) is 27.4 Å². The summed E-state index contributed by atoms with van der Waals surface area (Å²) in [6, 6.07) is 24.2. The summed E-state index contributed by atoms with van der Waals surface area (Å²) in [5, 5.41) is 32.6. The van der Waals surface area contributed by atoms with Crippen molar-refractivity contribution < 1.29 is 34.2 Å². The van der Waals surface area contributed by atoms with Crippen LogP contribution >= 0.6 is 0 Å². The van der Waals surface area contributed by atoms with Gasteiger partial charge in [-0.25, -0.2) is 4.79 Å². The Hall–Kier alpha value is -6.97. The van der Waals surface area contributed by atoms with E-state index >= 15 is 0 Å². The lowest BCUT2D eigenvalue weighted by Crippen LogP contribution is -2.59. The number of para-hydroxylation sites is 2. The first-order valence-corrected chi connectivity index (χ1v) is 20.3. The third-order valence-corrected chi connectivity index (χ3v) is 10.7. The van der Waals surface area contributed by atoms with Crippen LogP contribution in [0.2, 0.25) is 0 Å². The summed E-state index contributed by atoms with van der Waals surface area (Å²) >= 11 is 0. The van der Waals surface area contributed by atoms with Crippen molar-refractivity contribution in [3.8, 4) is 5.75 Å². The summed E-state index contributed by atoms with van der Waals surface area (Å²) < 4.78 is 0. The first-order valence-electron chi connectivity index (χ1n) is 20.3. The molecule has 318 valence electrons. The lowest BCUT2D eigenvalue weighted by molar-refractivity contribution is -0.142. The highest BCUT2D eigenvalue weighted by atomic mass is 16.4. The summed E-state index contributed by atoms with van der Waals surface area (Å²) in [7, 11) is 0. The van der Waals surface area contributed by atoms with E-state index in [9.17, 15) is 34.2 Å². The van der Waals surface area contributed by atoms with E-state index < -0.39 is 59.8 Å². The van der Waals surface area contributed by atoms with Crippen LogP contribution in [0, 0.1) is 0 Å². The summed E-state index contributed by atoms with van der Waals surface area (Å²) in [5.74, 6) is -3.83. The Bertz CT molecular complexity index is 2430. The number of H-pyrrole nitrogens is 2. The van der Waals surface area contributed by atoms with Crippen molar-refractivity contribution in [1.82, 2.24) is 31.2 Å². The number of carboxylic acid groups (broad SMARTS) is 1. The highest BCUT2D eigenvalue weighted by Gasteiger charge is 2.33. The second-order valence-corrected chi connectivity index (χ2v) is 15.2. The van der Waals surface area contributed by atoms with Crippen LogP contribution in [0.1, 0.15) is 41.5 Å². The molecule has 0 fully saturated rings. The normalized spacial score (nSPS) is 13.7. The number of aliphatic carboxylic acids is 1. The number of aromatic nitrogens is 2. The van der Waals surface area contributed by atoms with E-state index in [-0.39, 0.29) is 37.9 Å². The van der Waals surface area contributed by atoms with Crippen molar-refractivity contribution in [1.29, 1.82) is 0 Å². The second-order valence-electron chi connectivity index (χ2n) is 15.2. The number of unbranched alkanes of at least 4 members (excludes halogenated alkanes) is 1. The molecular weight excluding hydrogens is 777 g/mol. The highest BCUT2D eigenvalue weighted by Crippen LogP contribution is 2.21. The minimum absolute atomic E-state index is 0.000888. The number of hydrogen-bond donors (Lipinski definition) is 10. The van der Waals surface area contributed by atoms with Crippen molar-refractivity contribution in [2.45, 2.75) is 75.2 Å². The smallest absolute Gasteiger partial charge is 0.326 e. The van der Waals surface area contributed by atoms with E-state index in [1.165, 1.54) is 12.1 Å². The Kier molecular flexibility index (Phi) is 14.9. The maximum Gasteiger partial charge on any atom is 0.326 e. The molecule has 0 unspecified atom stereocenters. The Morgan fingerprint density at radius 2 is 1.02 bits per heavy atom. The summed E-state index contributed by atoms with van der Waals surface area (Å²) in [6.07, 6.45) is 4.83. The van der Waals surface area contributed by atoms with Gasteiger partial charge in [-0.1, -0.05) is 78.9 Å². The lowest BCUT2D eigenvalue weighted by atomic mass is 10.0. The molecule has 12 N–H and O–H groups in total. The topological polar surface area (TPSA) is 258 Å². The molecule has 6 aromatic rings. The molecule has 0 bridgehead atoms. The zero-order chi connectivity index (χ0) is 43.3. The molecule has 0 aliphatic heterocycles. The number of benzene rings is 4. The zero-order valence-electron chi connectivity index (χ0n) is 33.6. The zero-order valence-corrected chi connectivity index (χ0v) is 33.6. The van der Waals surface area contributed by atoms with Gasteiger partial charge in [0.2, 0.25) is 23.6 Å². The SMILES string of the molecule is NCCCC[C@@H](NC(=O)[C@@H](Cc1c[nH]c2ccccc12)NC(=O)[C@@H](N)Cc1ccc(O)cc1)C(=O)N[C@@H](Cc1c[nH]c2ccccc12)C(=O)N[C@H](Cc1ccccc1)C(=O)O. The number of phenols is 1. The fourth-order valence-corrected chi connectivity index (χ4v) is 7.35. The Labute approximate surface area is 352 Å². The fraction of sp³-hybridized carbons (Fsp3) is 0.283. The van der Waals surface area contributed by atoms with Crippen molar-refractivity contribution in [3.05, 3.63) is 138 Å². The van der Waals surface area contributed by atoms with Gasteiger partial charge in [0.1, 0.15) is 29.9 Å². The predicted octanol–water partition coefficient (Wildman–Crippen LogP) is 3.11. The summed E-state index contributed by atoms with van der Waals surface area (Å²) in [5.41, 5.74) is 16.6. The average Bonchev–Trinajstić information content (AvgIpc) is 3.87. The van der Waals surface area contributed by atoms with E-state index in [4.69, 9.17) is 11.5 Å². The van der Waals surface area contributed by atoms with E-state index in [1.54, 1.807) is 54.9 Å². The molecule has 0 saturated heterocycles. The molecule has 2 aromatic heterocycles. The minimum Gasteiger partial charge on any atom is -0.508 e. The largest absolute Gasteiger partial charge is 0.508 e. The van der Waals surface area contributed by atoms with Gasteiger partial charge >= 0.3 is 5.97 Å². The molecule has 0 radical (unpaired) electrons. The predicted molar refractivity (Wildman–Crippen MR) is 232 cm³/mol. The molecule has 0 saturated carbocycles. The number of hydrogen-bond acceptors (Lipinski definition) is 8. The molecule has 15 heteroatoms. The Balaban J connectivity index is 1.25. The first kappa shape index (κ1) is 43.6. The van der Waals surface area contributed by atoms with Gasteiger partial charge in [-0.05, 0) is 78.7 Å². The van der Waals surface area contributed by atoms with E-state index in [1.807, 2.05) is 48.5 Å². The van der Waals surface area contributed by atoms with Gasteiger partial charge in [-0.3, -0.25) is 19.2 Å². The van der Waals surface area contributed by atoms with Gasteiger partial charge in [0.25, 0.3) is 0 Å². The number of carboxylic acids is 1. The van der Waals surface area contributed by atoms with Crippen LogP contribution in [0.15, 0.2) is 116 Å². The number of phenolic OH excluding ortho intramolecular Hbond substituents is 1. The number of nitrogens with one attached hydrogen (secondary N) is 6. The van der Waals surface area contributed by atoms with Crippen molar-refractivity contribution >= 4 is 51.4 Å². The number of rotatable bonds is 21. The molecule has 0 spiro atoms. The van der Waals surface area contributed by atoms with Crippen LogP contribution in [0.5, 0.6) is 5.75 Å². The van der Waals surface area contributed by atoms with Gasteiger partial charge < -0.3 is 52.9 Å². The molecule has 61 heavy (non-hydrogen) atoms. The number of nitrogens with two attached hydrogens (primary N) is 2. The third kappa shape index (κ3) is 11.8. The van der Waals surface area contributed by atoms with Crippen LogP contribution in [0.3, 0.4) is 0 Å². The number of amides is 4. The van der Waals surface area contributed by atoms with Crippen LogP contribution in [-0.4, -0.2) is 86.5 Å². The maximum absolute atomic E-state index is 14.4. The van der Waals surface area contributed by atoms with Gasteiger partial charge in [-0.2, -0.15) is 0 Å². The lowest BCUT2D eigenvalue weighted by Gasteiger charge is -2.27. The van der Waals surface area contributed by atoms with Crippen LogP contribution in [0.25, 0.3) is 21.8 Å². The fourth-order valence-electron chi connectivity index (χ4n) is 7.35. The number of aromatic hydroxyl groups is 1. The van der Waals surface area contributed by atoms with Gasteiger partial charge in [0.05, 0.1) is 6.04 Å². The van der Waals surface area contributed by atoms with Gasteiger partial charge in [-0.15, -0.1) is 0 Å². The summed E-state index contributed by atoms with van der Waals surface area (Å²) in [4.78, 5) is 75.2.